The minimum absolute atomic E-state index is 0.0518. The van der Waals surface area contributed by atoms with E-state index in [1.165, 1.54) is 0 Å². The molecule has 158 valence electrons. The Kier molecular flexibility index (Phi) is 6.29. The minimum atomic E-state index is 0.0518. The molecule has 0 saturated heterocycles. The summed E-state index contributed by atoms with van der Waals surface area (Å²) in [6.45, 7) is 0.0518. The molecule has 1 aliphatic rings. The summed E-state index contributed by atoms with van der Waals surface area (Å²) in [5.74, 6) is 1.18. The molecular weight excluding hydrogens is 390 g/mol. The first kappa shape index (κ1) is 20.6. The van der Waals surface area contributed by atoms with Crippen molar-refractivity contribution in [3.63, 3.8) is 0 Å². The maximum absolute atomic E-state index is 11.4. The van der Waals surface area contributed by atoms with Crippen molar-refractivity contribution in [3.05, 3.63) is 78.4 Å². The topological polar surface area (TPSA) is 87.2 Å². The molecule has 0 spiro atoms. The summed E-state index contributed by atoms with van der Waals surface area (Å²) < 4.78 is 5.02. The predicted octanol–water partition coefficient (Wildman–Crippen LogP) is 4.77. The largest absolute Gasteiger partial charge is 0.497 e. The molecule has 0 aliphatic heterocycles. The number of carbonyl (C=O) groups excluding carboxylic acids is 1. The Morgan fingerprint density at radius 3 is 2.58 bits per heavy atom. The fourth-order valence-electron chi connectivity index (χ4n) is 3.26. The summed E-state index contributed by atoms with van der Waals surface area (Å²) in [6.07, 6.45) is 2.06. The number of hydrogen-bond donors (Lipinski definition) is 3. The number of hydrogen-bond acceptors (Lipinski definition) is 4. The van der Waals surface area contributed by atoms with E-state index in [1.54, 1.807) is 7.11 Å². The molecule has 1 heterocycles. The Labute approximate surface area is 180 Å². The van der Waals surface area contributed by atoms with Crippen molar-refractivity contribution >= 4 is 22.5 Å². The van der Waals surface area contributed by atoms with Crippen molar-refractivity contribution in [2.45, 2.75) is 19.4 Å². The van der Waals surface area contributed by atoms with Gasteiger partial charge in [-0.3, -0.25) is 9.89 Å². The molecule has 31 heavy (non-hydrogen) atoms. The molecule has 4 aromatic rings. The zero-order valence-corrected chi connectivity index (χ0v) is 17.3. The number of methoxy groups -OCH3 is 1. The van der Waals surface area contributed by atoms with E-state index in [0.29, 0.717) is 0 Å². The maximum atomic E-state index is 11.4. The van der Waals surface area contributed by atoms with Crippen LogP contribution in [-0.2, 0) is 11.4 Å². The Balaban J connectivity index is 0.000000152. The zero-order valence-electron chi connectivity index (χ0n) is 17.3. The van der Waals surface area contributed by atoms with Gasteiger partial charge in [-0.25, -0.2) is 0 Å². The second-order valence-corrected chi connectivity index (χ2v) is 7.47. The van der Waals surface area contributed by atoms with Crippen LogP contribution < -0.4 is 10.1 Å². The molecule has 3 aromatic carbocycles. The number of para-hydroxylation sites is 1. The third kappa shape index (κ3) is 5.10. The number of rotatable bonds is 5. The second-order valence-electron chi connectivity index (χ2n) is 7.47. The van der Waals surface area contributed by atoms with Crippen molar-refractivity contribution in [1.29, 1.82) is 0 Å². The third-order valence-electron chi connectivity index (χ3n) is 5.16. The number of benzene rings is 3. The van der Waals surface area contributed by atoms with Gasteiger partial charge in [-0.1, -0.05) is 36.4 Å². The van der Waals surface area contributed by atoms with Gasteiger partial charge in [-0.2, -0.15) is 5.10 Å². The summed E-state index contributed by atoms with van der Waals surface area (Å²) in [5, 5.41) is 20.5. The lowest BCUT2D eigenvalue weighted by Gasteiger charge is -2.04. The van der Waals surface area contributed by atoms with E-state index >= 15 is 0 Å². The van der Waals surface area contributed by atoms with Crippen LogP contribution in [0.15, 0.2) is 72.8 Å². The number of aliphatic hydroxyl groups is 1. The van der Waals surface area contributed by atoms with Crippen LogP contribution in [0, 0.1) is 5.92 Å². The lowest BCUT2D eigenvalue weighted by atomic mass is 10.1. The molecular formula is C25H25N3O3. The van der Waals surface area contributed by atoms with Crippen LogP contribution in [-0.4, -0.2) is 28.3 Å². The number of nitrogens with zero attached hydrogens (tertiary/aromatic N) is 1. The number of aliphatic hydroxyl groups excluding tert-OH is 1. The van der Waals surface area contributed by atoms with Crippen LogP contribution in [0.25, 0.3) is 22.2 Å². The molecule has 6 heteroatoms. The molecule has 1 saturated carbocycles. The van der Waals surface area contributed by atoms with Gasteiger partial charge in [0.1, 0.15) is 5.75 Å². The molecule has 1 aliphatic carbocycles. The highest BCUT2D eigenvalue weighted by Crippen LogP contribution is 2.30. The quantitative estimate of drug-likeness (QED) is 0.438. The fraction of sp³-hybridized carbons (Fsp3) is 0.200. The summed E-state index contributed by atoms with van der Waals surface area (Å²) in [5.41, 5.74) is 4.71. The highest BCUT2D eigenvalue weighted by molar-refractivity contribution is 5.94. The number of aromatic amines is 1. The van der Waals surface area contributed by atoms with Gasteiger partial charge in [0.15, 0.2) is 0 Å². The van der Waals surface area contributed by atoms with E-state index in [0.717, 1.165) is 52.0 Å². The number of amides is 1. The SMILES string of the molecule is COc1ccc(NC(=O)C2CC2)cc1.OCc1cccc(-c2n[nH]c3ccccc23)c1. The number of carbonyl (C=O) groups is 1. The van der Waals surface area contributed by atoms with Gasteiger partial charge in [-0.05, 0) is 54.8 Å². The first-order valence-electron chi connectivity index (χ1n) is 10.3. The lowest BCUT2D eigenvalue weighted by Crippen LogP contribution is -2.12. The van der Waals surface area contributed by atoms with Gasteiger partial charge in [0.25, 0.3) is 0 Å². The second kappa shape index (κ2) is 9.45. The van der Waals surface area contributed by atoms with Crippen molar-refractivity contribution in [1.82, 2.24) is 10.2 Å². The first-order chi connectivity index (χ1) is 15.2. The van der Waals surface area contributed by atoms with E-state index < -0.39 is 0 Å². The highest BCUT2D eigenvalue weighted by atomic mass is 16.5. The standard InChI is InChI=1S/C14H12N2O.C11H13NO2/c17-9-10-4-3-5-11(8-10)14-12-6-1-2-7-13(12)15-16-14;1-14-10-6-4-9(5-7-10)12-11(13)8-2-3-8/h1-8,17H,9H2,(H,15,16);4-8H,2-3H2,1H3,(H,12,13). The van der Waals surface area contributed by atoms with E-state index in [2.05, 4.69) is 15.5 Å². The molecule has 0 atom stereocenters. The Morgan fingerprint density at radius 1 is 1.10 bits per heavy atom. The number of anilines is 1. The van der Waals surface area contributed by atoms with Crippen LogP contribution in [0.4, 0.5) is 5.69 Å². The van der Waals surface area contributed by atoms with Crippen molar-refractivity contribution in [2.75, 3.05) is 12.4 Å². The highest BCUT2D eigenvalue weighted by Gasteiger charge is 2.29. The predicted molar refractivity (Wildman–Crippen MR) is 122 cm³/mol. The zero-order chi connectivity index (χ0) is 21.6. The van der Waals surface area contributed by atoms with E-state index in [4.69, 9.17) is 9.84 Å². The molecule has 5 rings (SSSR count). The van der Waals surface area contributed by atoms with Gasteiger partial charge in [0.2, 0.25) is 5.91 Å². The molecule has 1 amide bonds. The third-order valence-corrected chi connectivity index (χ3v) is 5.16. The van der Waals surface area contributed by atoms with Gasteiger partial charge in [0.05, 0.1) is 24.9 Å². The van der Waals surface area contributed by atoms with Gasteiger partial charge in [0, 0.05) is 22.6 Å². The Hall–Kier alpha value is -3.64. The molecule has 6 nitrogen and oxygen atoms in total. The number of H-pyrrole nitrogens is 1. The summed E-state index contributed by atoms with van der Waals surface area (Å²) in [7, 11) is 1.62. The smallest absolute Gasteiger partial charge is 0.227 e. The summed E-state index contributed by atoms with van der Waals surface area (Å²) in [6, 6.07) is 23.2. The summed E-state index contributed by atoms with van der Waals surface area (Å²) >= 11 is 0. The normalized spacial score (nSPS) is 12.7. The minimum Gasteiger partial charge on any atom is -0.497 e. The lowest BCUT2D eigenvalue weighted by molar-refractivity contribution is -0.117. The average molecular weight is 415 g/mol. The van der Waals surface area contributed by atoms with Crippen LogP contribution in [0.2, 0.25) is 0 Å². The molecule has 1 aromatic heterocycles. The summed E-state index contributed by atoms with van der Waals surface area (Å²) in [4.78, 5) is 11.4. The molecule has 3 N–H and O–H groups in total. The maximum Gasteiger partial charge on any atom is 0.227 e. The average Bonchev–Trinajstić information content (AvgIpc) is 3.59. The van der Waals surface area contributed by atoms with Gasteiger partial charge >= 0.3 is 0 Å². The van der Waals surface area contributed by atoms with Crippen LogP contribution >= 0.6 is 0 Å². The fourth-order valence-corrected chi connectivity index (χ4v) is 3.26. The monoisotopic (exact) mass is 415 g/mol. The Morgan fingerprint density at radius 2 is 1.87 bits per heavy atom. The number of nitrogens with one attached hydrogen (secondary N) is 2. The first-order valence-corrected chi connectivity index (χ1v) is 10.3. The van der Waals surface area contributed by atoms with Gasteiger partial charge < -0.3 is 15.2 Å². The molecule has 0 unspecified atom stereocenters. The Bertz CT molecular complexity index is 1160. The van der Waals surface area contributed by atoms with Crippen molar-refractivity contribution in [2.24, 2.45) is 5.92 Å². The van der Waals surface area contributed by atoms with E-state index in [9.17, 15) is 4.79 Å². The molecule has 0 bridgehead atoms. The molecule has 1 fully saturated rings. The molecule has 0 radical (unpaired) electrons. The van der Waals surface area contributed by atoms with Crippen molar-refractivity contribution < 1.29 is 14.6 Å². The van der Waals surface area contributed by atoms with E-state index in [-0.39, 0.29) is 18.4 Å². The van der Waals surface area contributed by atoms with Crippen LogP contribution in [0.3, 0.4) is 0 Å². The van der Waals surface area contributed by atoms with Crippen LogP contribution in [0.5, 0.6) is 5.75 Å². The number of fused-ring (bicyclic) bond motifs is 1. The van der Waals surface area contributed by atoms with E-state index in [1.807, 2.05) is 72.8 Å². The van der Waals surface area contributed by atoms with Crippen LogP contribution in [0.1, 0.15) is 18.4 Å². The van der Waals surface area contributed by atoms with Crippen molar-refractivity contribution in [3.8, 4) is 17.0 Å². The number of ether oxygens (including phenoxy) is 1. The van der Waals surface area contributed by atoms with Gasteiger partial charge in [-0.15, -0.1) is 0 Å². The number of aromatic nitrogens is 2.